The van der Waals surface area contributed by atoms with Gasteiger partial charge < -0.3 is 20.5 Å². The summed E-state index contributed by atoms with van der Waals surface area (Å²) < 4.78 is 5.19. The molecular formula is C14H22N4O2S. The third kappa shape index (κ3) is 3.81. The summed E-state index contributed by atoms with van der Waals surface area (Å²) >= 11 is 1.68. The van der Waals surface area contributed by atoms with Crippen LogP contribution in [0.3, 0.4) is 0 Å². The Morgan fingerprint density at radius 1 is 1.43 bits per heavy atom. The second-order valence-corrected chi connectivity index (χ2v) is 5.85. The van der Waals surface area contributed by atoms with Crippen LogP contribution in [0.5, 0.6) is 0 Å². The summed E-state index contributed by atoms with van der Waals surface area (Å²) in [7, 11) is 3.46. The fourth-order valence-electron chi connectivity index (χ4n) is 2.11. The van der Waals surface area contributed by atoms with Crippen molar-refractivity contribution in [3.05, 3.63) is 10.9 Å². The van der Waals surface area contributed by atoms with Crippen LogP contribution in [-0.2, 0) is 11.2 Å². The van der Waals surface area contributed by atoms with E-state index in [1.807, 2.05) is 0 Å². The van der Waals surface area contributed by atoms with E-state index < -0.39 is 0 Å². The van der Waals surface area contributed by atoms with E-state index in [-0.39, 0.29) is 12.6 Å². The number of anilines is 2. The molecule has 116 valence electrons. The average Bonchev–Trinajstić information content (AvgIpc) is 2.91. The lowest BCUT2D eigenvalue weighted by Gasteiger charge is -2.18. The molecule has 2 heterocycles. The van der Waals surface area contributed by atoms with Gasteiger partial charge in [-0.25, -0.2) is 4.98 Å². The lowest BCUT2D eigenvalue weighted by Crippen LogP contribution is -2.26. The molecule has 0 aromatic carbocycles. The predicted octanol–water partition coefficient (Wildman–Crippen LogP) is 2.10. The quantitative estimate of drug-likeness (QED) is 0.693. The molecular weight excluding hydrogens is 288 g/mol. The van der Waals surface area contributed by atoms with Crippen LogP contribution < -0.4 is 10.6 Å². The molecule has 1 atom stereocenters. The van der Waals surface area contributed by atoms with E-state index in [9.17, 15) is 0 Å². The van der Waals surface area contributed by atoms with Gasteiger partial charge in [-0.2, -0.15) is 4.98 Å². The second-order valence-electron chi connectivity index (χ2n) is 4.74. The highest BCUT2D eigenvalue weighted by molar-refractivity contribution is 7.18. The fraction of sp³-hybridized carbons (Fsp3) is 0.571. The number of aryl methyl sites for hydroxylation is 1. The molecule has 0 bridgehead atoms. The zero-order chi connectivity index (χ0) is 15.2. The third-order valence-electron chi connectivity index (χ3n) is 3.20. The molecule has 0 aliphatic carbocycles. The highest BCUT2D eigenvalue weighted by Crippen LogP contribution is 2.30. The minimum atomic E-state index is 0.0211. The fourth-order valence-corrected chi connectivity index (χ4v) is 3.08. The van der Waals surface area contributed by atoms with Gasteiger partial charge in [0.2, 0.25) is 5.95 Å². The number of hydrogen-bond acceptors (Lipinski definition) is 7. The lowest BCUT2D eigenvalue weighted by atomic mass is 10.2. The Bertz CT molecular complexity index is 582. The normalized spacial score (nSPS) is 12.6. The molecule has 7 heteroatoms. The van der Waals surface area contributed by atoms with E-state index in [0.717, 1.165) is 22.5 Å². The molecule has 0 radical (unpaired) electrons. The molecule has 0 amide bonds. The maximum absolute atomic E-state index is 9.16. The van der Waals surface area contributed by atoms with Crippen molar-refractivity contribution < 1.29 is 9.84 Å². The van der Waals surface area contributed by atoms with Gasteiger partial charge >= 0.3 is 0 Å². The van der Waals surface area contributed by atoms with Crippen molar-refractivity contribution in [1.29, 1.82) is 0 Å². The summed E-state index contributed by atoms with van der Waals surface area (Å²) in [6.45, 7) is 2.76. The Morgan fingerprint density at radius 2 is 2.24 bits per heavy atom. The van der Waals surface area contributed by atoms with Crippen molar-refractivity contribution in [3.8, 4) is 0 Å². The highest BCUT2D eigenvalue weighted by atomic mass is 32.1. The standard InChI is InChI=1S/C14H22N4O2S/c1-4-10-7-11-12(16-9(5-6-19)8-20-3)17-14(15-2)18-13(11)21-10/h7,9,19H,4-6,8H2,1-3H3,(H2,15,16,17,18). The Balaban J connectivity index is 2.37. The molecule has 2 rings (SSSR count). The summed E-state index contributed by atoms with van der Waals surface area (Å²) in [4.78, 5) is 11.3. The predicted molar refractivity (Wildman–Crippen MR) is 87.3 cm³/mol. The van der Waals surface area contributed by atoms with Gasteiger partial charge in [-0.1, -0.05) is 6.92 Å². The van der Waals surface area contributed by atoms with E-state index in [1.165, 1.54) is 4.88 Å². The molecule has 0 saturated heterocycles. The largest absolute Gasteiger partial charge is 0.396 e. The minimum absolute atomic E-state index is 0.0211. The van der Waals surface area contributed by atoms with Crippen molar-refractivity contribution in [1.82, 2.24) is 9.97 Å². The smallest absolute Gasteiger partial charge is 0.225 e. The van der Waals surface area contributed by atoms with Crippen molar-refractivity contribution in [2.45, 2.75) is 25.8 Å². The first-order chi connectivity index (χ1) is 10.2. The molecule has 2 aromatic heterocycles. The first-order valence-electron chi connectivity index (χ1n) is 7.06. The number of nitrogens with zero attached hydrogens (tertiary/aromatic N) is 2. The number of nitrogens with one attached hydrogen (secondary N) is 2. The topological polar surface area (TPSA) is 79.3 Å². The minimum Gasteiger partial charge on any atom is -0.396 e. The number of aliphatic hydroxyl groups is 1. The average molecular weight is 310 g/mol. The van der Waals surface area contributed by atoms with Gasteiger partial charge in [0, 0.05) is 25.6 Å². The van der Waals surface area contributed by atoms with Gasteiger partial charge in [0.1, 0.15) is 10.6 Å². The highest BCUT2D eigenvalue weighted by Gasteiger charge is 2.15. The summed E-state index contributed by atoms with van der Waals surface area (Å²) in [6.07, 6.45) is 1.59. The van der Waals surface area contributed by atoms with E-state index >= 15 is 0 Å². The molecule has 0 aliphatic rings. The Labute approximate surface area is 128 Å². The zero-order valence-electron chi connectivity index (χ0n) is 12.6. The van der Waals surface area contributed by atoms with Crippen LogP contribution in [0.15, 0.2) is 6.07 Å². The van der Waals surface area contributed by atoms with Gasteiger partial charge in [-0.05, 0) is 18.9 Å². The second kappa shape index (κ2) is 7.53. The number of fused-ring (bicyclic) bond motifs is 1. The molecule has 0 saturated carbocycles. The number of aliphatic hydroxyl groups excluding tert-OH is 1. The van der Waals surface area contributed by atoms with Gasteiger partial charge in [-0.3, -0.25) is 0 Å². The monoisotopic (exact) mass is 310 g/mol. The van der Waals surface area contributed by atoms with Crippen molar-refractivity contribution in [3.63, 3.8) is 0 Å². The summed E-state index contributed by atoms with van der Waals surface area (Å²) in [5.41, 5.74) is 0. The lowest BCUT2D eigenvalue weighted by molar-refractivity contribution is 0.170. The first kappa shape index (κ1) is 15.9. The van der Waals surface area contributed by atoms with Gasteiger partial charge in [0.05, 0.1) is 18.0 Å². The van der Waals surface area contributed by atoms with E-state index in [0.29, 0.717) is 19.0 Å². The molecule has 6 nitrogen and oxygen atoms in total. The summed E-state index contributed by atoms with van der Waals surface area (Å²) in [5.74, 6) is 1.38. The molecule has 2 aromatic rings. The van der Waals surface area contributed by atoms with Crippen LogP contribution in [0.1, 0.15) is 18.2 Å². The molecule has 3 N–H and O–H groups in total. The van der Waals surface area contributed by atoms with Crippen molar-refractivity contribution in [2.75, 3.05) is 38.0 Å². The first-order valence-corrected chi connectivity index (χ1v) is 7.88. The maximum atomic E-state index is 9.16. The van der Waals surface area contributed by atoms with Gasteiger partial charge in [0.25, 0.3) is 0 Å². The van der Waals surface area contributed by atoms with Crippen LogP contribution >= 0.6 is 11.3 Å². The number of thiophene rings is 1. The molecule has 21 heavy (non-hydrogen) atoms. The van der Waals surface area contributed by atoms with E-state index in [1.54, 1.807) is 25.5 Å². The Hall–Kier alpha value is -1.44. The zero-order valence-corrected chi connectivity index (χ0v) is 13.5. The number of rotatable bonds is 8. The molecule has 1 unspecified atom stereocenters. The third-order valence-corrected chi connectivity index (χ3v) is 4.38. The maximum Gasteiger partial charge on any atom is 0.225 e. The molecule has 0 aliphatic heterocycles. The Morgan fingerprint density at radius 3 is 2.86 bits per heavy atom. The van der Waals surface area contributed by atoms with Crippen molar-refractivity contribution in [2.24, 2.45) is 0 Å². The van der Waals surface area contributed by atoms with E-state index in [4.69, 9.17) is 9.84 Å². The number of ether oxygens (including phenoxy) is 1. The summed E-state index contributed by atoms with van der Waals surface area (Å²) in [6, 6.07) is 2.15. The number of hydrogen-bond donors (Lipinski definition) is 3. The molecule has 0 fully saturated rings. The summed E-state index contributed by atoms with van der Waals surface area (Å²) in [5, 5.41) is 16.5. The number of aromatic nitrogens is 2. The number of methoxy groups -OCH3 is 1. The van der Waals surface area contributed by atoms with Gasteiger partial charge in [0.15, 0.2) is 0 Å². The van der Waals surface area contributed by atoms with Crippen LogP contribution in [0.4, 0.5) is 11.8 Å². The Kier molecular flexibility index (Phi) is 5.72. The molecule has 0 spiro atoms. The van der Waals surface area contributed by atoms with Gasteiger partial charge in [-0.15, -0.1) is 11.3 Å². The van der Waals surface area contributed by atoms with E-state index in [2.05, 4.69) is 33.6 Å². The van der Waals surface area contributed by atoms with Crippen LogP contribution in [0.25, 0.3) is 10.2 Å². The van der Waals surface area contributed by atoms with Crippen LogP contribution in [0.2, 0.25) is 0 Å². The van der Waals surface area contributed by atoms with Crippen molar-refractivity contribution >= 4 is 33.3 Å². The SMILES string of the molecule is CCc1cc2c(NC(CCO)COC)nc(NC)nc2s1. The van der Waals surface area contributed by atoms with Crippen LogP contribution in [0, 0.1) is 0 Å². The van der Waals surface area contributed by atoms with Crippen LogP contribution in [-0.4, -0.2) is 48.5 Å².